The standard InChI is InChI=1S/C23H28FN3O2/c1-16(2)23(28)27(14-18-7-5-6-8-21(18)24)15-20-13-22(25-29-20)17-9-11-19(12-10-17)26(3)4/h5-12,16,20H,13-15H2,1-4H3/t20-/m1/s1. The van der Waals surface area contributed by atoms with Crippen molar-refractivity contribution in [2.75, 3.05) is 25.5 Å². The molecule has 0 saturated heterocycles. The maximum Gasteiger partial charge on any atom is 0.225 e. The number of carbonyl (C=O) groups is 1. The highest BCUT2D eigenvalue weighted by atomic mass is 19.1. The second-order valence-electron chi connectivity index (χ2n) is 7.88. The van der Waals surface area contributed by atoms with Crippen LogP contribution in [0.5, 0.6) is 0 Å². The van der Waals surface area contributed by atoms with Crippen molar-refractivity contribution in [3.05, 3.63) is 65.5 Å². The van der Waals surface area contributed by atoms with Crippen LogP contribution >= 0.6 is 0 Å². The van der Waals surface area contributed by atoms with Crippen LogP contribution in [0.2, 0.25) is 0 Å². The molecule has 0 unspecified atom stereocenters. The van der Waals surface area contributed by atoms with E-state index >= 15 is 0 Å². The smallest absolute Gasteiger partial charge is 0.225 e. The molecule has 1 amide bonds. The number of rotatable bonds is 7. The molecule has 0 saturated carbocycles. The minimum Gasteiger partial charge on any atom is -0.390 e. The normalized spacial score (nSPS) is 15.8. The average molecular weight is 397 g/mol. The number of nitrogens with zero attached hydrogens (tertiary/aromatic N) is 3. The Labute approximate surface area is 171 Å². The Kier molecular flexibility index (Phi) is 6.52. The third-order valence-corrected chi connectivity index (χ3v) is 5.00. The van der Waals surface area contributed by atoms with E-state index in [4.69, 9.17) is 4.84 Å². The van der Waals surface area contributed by atoms with Crippen molar-refractivity contribution in [2.24, 2.45) is 11.1 Å². The van der Waals surface area contributed by atoms with Crippen LogP contribution in [0.1, 0.15) is 31.4 Å². The lowest BCUT2D eigenvalue weighted by Crippen LogP contribution is -2.39. The molecule has 2 aromatic rings. The van der Waals surface area contributed by atoms with Crippen molar-refractivity contribution in [1.29, 1.82) is 0 Å². The minimum atomic E-state index is -0.306. The Morgan fingerprint density at radius 2 is 1.86 bits per heavy atom. The first-order chi connectivity index (χ1) is 13.8. The van der Waals surface area contributed by atoms with Crippen LogP contribution in [0.15, 0.2) is 53.7 Å². The van der Waals surface area contributed by atoms with E-state index in [1.165, 1.54) is 6.07 Å². The van der Waals surface area contributed by atoms with Gasteiger partial charge >= 0.3 is 0 Å². The number of hydrogen-bond donors (Lipinski definition) is 0. The van der Waals surface area contributed by atoms with Crippen molar-refractivity contribution >= 4 is 17.3 Å². The molecule has 2 aromatic carbocycles. The zero-order chi connectivity index (χ0) is 21.0. The lowest BCUT2D eigenvalue weighted by atomic mass is 10.0. The van der Waals surface area contributed by atoms with Gasteiger partial charge < -0.3 is 14.6 Å². The molecule has 6 heteroatoms. The molecule has 0 N–H and O–H groups in total. The molecule has 5 nitrogen and oxygen atoms in total. The molecular formula is C23H28FN3O2. The van der Waals surface area contributed by atoms with E-state index in [-0.39, 0.29) is 30.3 Å². The fraction of sp³-hybridized carbons (Fsp3) is 0.391. The van der Waals surface area contributed by atoms with Gasteiger partial charge in [-0.1, -0.05) is 49.3 Å². The average Bonchev–Trinajstić information content (AvgIpc) is 3.17. The molecule has 154 valence electrons. The van der Waals surface area contributed by atoms with Crippen LogP contribution in [0.25, 0.3) is 0 Å². The molecule has 1 atom stereocenters. The Morgan fingerprint density at radius 3 is 2.48 bits per heavy atom. The number of oxime groups is 1. The number of anilines is 1. The van der Waals surface area contributed by atoms with Gasteiger partial charge in [0.2, 0.25) is 5.91 Å². The van der Waals surface area contributed by atoms with Crippen molar-refractivity contribution < 1.29 is 14.0 Å². The lowest BCUT2D eigenvalue weighted by Gasteiger charge is -2.26. The van der Waals surface area contributed by atoms with E-state index in [1.54, 1.807) is 23.1 Å². The van der Waals surface area contributed by atoms with E-state index < -0.39 is 0 Å². The molecule has 3 rings (SSSR count). The summed E-state index contributed by atoms with van der Waals surface area (Å²) in [6.07, 6.45) is 0.369. The summed E-state index contributed by atoms with van der Waals surface area (Å²) in [6, 6.07) is 14.7. The quantitative estimate of drug-likeness (QED) is 0.708. The fourth-order valence-corrected chi connectivity index (χ4v) is 3.32. The summed E-state index contributed by atoms with van der Waals surface area (Å²) >= 11 is 0. The Bertz CT molecular complexity index is 878. The molecule has 0 spiro atoms. The zero-order valence-electron chi connectivity index (χ0n) is 17.4. The summed E-state index contributed by atoms with van der Waals surface area (Å²) < 4.78 is 14.1. The van der Waals surface area contributed by atoms with Crippen molar-refractivity contribution in [3.63, 3.8) is 0 Å². The van der Waals surface area contributed by atoms with E-state index in [2.05, 4.69) is 5.16 Å². The fourth-order valence-electron chi connectivity index (χ4n) is 3.32. The highest BCUT2D eigenvalue weighted by Crippen LogP contribution is 2.22. The van der Waals surface area contributed by atoms with Gasteiger partial charge in [-0.3, -0.25) is 4.79 Å². The SMILES string of the molecule is CC(C)C(=O)N(Cc1ccccc1F)C[C@H]1CC(c2ccc(N(C)C)cc2)=NO1. The van der Waals surface area contributed by atoms with Crippen LogP contribution < -0.4 is 4.90 Å². The van der Waals surface area contributed by atoms with Crippen LogP contribution in [0.4, 0.5) is 10.1 Å². The number of hydrogen-bond acceptors (Lipinski definition) is 4. The highest BCUT2D eigenvalue weighted by Gasteiger charge is 2.28. The van der Waals surface area contributed by atoms with Gasteiger partial charge in [0.1, 0.15) is 5.82 Å². The second kappa shape index (κ2) is 9.07. The Hall–Kier alpha value is -2.89. The molecule has 0 aliphatic carbocycles. The number of benzene rings is 2. The van der Waals surface area contributed by atoms with E-state index in [1.807, 2.05) is 57.1 Å². The summed E-state index contributed by atoms with van der Waals surface area (Å²) in [6.45, 7) is 4.28. The molecule has 0 bridgehead atoms. The van der Waals surface area contributed by atoms with Crippen LogP contribution in [0.3, 0.4) is 0 Å². The van der Waals surface area contributed by atoms with Crippen molar-refractivity contribution in [3.8, 4) is 0 Å². The zero-order valence-corrected chi connectivity index (χ0v) is 17.4. The lowest BCUT2D eigenvalue weighted by molar-refractivity contribution is -0.137. The number of carbonyl (C=O) groups excluding carboxylic acids is 1. The van der Waals surface area contributed by atoms with Gasteiger partial charge in [0.05, 0.1) is 12.3 Å². The monoisotopic (exact) mass is 397 g/mol. The van der Waals surface area contributed by atoms with Gasteiger partial charge in [-0.25, -0.2) is 4.39 Å². The maximum atomic E-state index is 14.1. The van der Waals surface area contributed by atoms with E-state index in [0.29, 0.717) is 18.5 Å². The molecule has 0 radical (unpaired) electrons. The van der Waals surface area contributed by atoms with Crippen LogP contribution in [0, 0.1) is 11.7 Å². The molecule has 0 fully saturated rings. The molecule has 1 heterocycles. The Balaban J connectivity index is 1.67. The van der Waals surface area contributed by atoms with E-state index in [9.17, 15) is 9.18 Å². The van der Waals surface area contributed by atoms with Gasteiger partial charge in [-0.15, -0.1) is 0 Å². The second-order valence-corrected chi connectivity index (χ2v) is 7.88. The first-order valence-electron chi connectivity index (χ1n) is 9.87. The first-order valence-corrected chi connectivity index (χ1v) is 9.87. The predicted molar refractivity (Wildman–Crippen MR) is 113 cm³/mol. The first kappa shape index (κ1) is 20.8. The number of halogens is 1. The third kappa shape index (κ3) is 5.13. The van der Waals surface area contributed by atoms with Crippen LogP contribution in [-0.4, -0.2) is 43.3 Å². The predicted octanol–water partition coefficient (Wildman–Crippen LogP) is 4.07. The molecule has 0 aromatic heterocycles. The maximum absolute atomic E-state index is 14.1. The summed E-state index contributed by atoms with van der Waals surface area (Å²) in [7, 11) is 3.99. The summed E-state index contributed by atoms with van der Waals surface area (Å²) in [5.41, 5.74) is 3.49. The van der Waals surface area contributed by atoms with Crippen molar-refractivity contribution in [1.82, 2.24) is 4.90 Å². The van der Waals surface area contributed by atoms with Gasteiger partial charge in [-0.2, -0.15) is 0 Å². The molecule has 29 heavy (non-hydrogen) atoms. The van der Waals surface area contributed by atoms with Gasteiger partial charge in [0.25, 0.3) is 0 Å². The topological polar surface area (TPSA) is 45.1 Å². The van der Waals surface area contributed by atoms with Gasteiger partial charge in [0, 0.05) is 44.2 Å². The Morgan fingerprint density at radius 1 is 1.17 bits per heavy atom. The third-order valence-electron chi connectivity index (χ3n) is 5.00. The largest absolute Gasteiger partial charge is 0.390 e. The summed E-state index contributed by atoms with van der Waals surface area (Å²) in [5.74, 6) is -0.512. The minimum absolute atomic E-state index is 0.0272. The highest BCUT2D eigenvalue weighted by molar-refractivity contribution is 6.01. The van der Waals surface area contributed by atoms with Crippen molar-refractivity contribution in [2.45, 2.75) is 32.9 Å². The van der Waals surface area contributed by atoms with Gasteiger partial charge in [0.15, 0.2) is 6.10 Å². The molecule has 1 aliphatic rings. The van der Waals surface area contributed by atoms with Gasteiger partial charge in [-0.05, 0) is 23.8 Å². The molecule has 1 aliphatic heterocycles. The van der Waals surface area contributed by atoms with E-state index in [0.717, 1.165) is 17.0 Å². The summed E-state index contributed by atoms with van der Waals surface area (Å²) in [5, 5.41) is 4.23. The van der Waals surface area contributed by atoms with Crippen LogP contribution in [-0.2, 0) is 16.2 Å². The summed E-state index contributed by atoms with van der Waals surface area (Å²) in [4.78, 5) is 22.0. The molecular weight excluding hydrogens is 369 g/mol. The number of amides is 1.